The molecule has 0 N–H and O–H groups in total. The van der Waals surface area contributed by atoms with E-state index in [0.717, 1.165) is 56.8 Å². The molecule has 0 unspecified atom stereocenters. The fourth-order valence-electron chi connectivity index (χ4n) is 3.62. The van der Waals surface area contributed by atoms with Crippen LogP contribution in [0.15, 0.2) is 21.3 Å². The van der Waals surface area contributed by atoms with Crippen molar-refractivity contribution in [2.24, 2.45) is 0 Å². The summed E-state index contributed by atoms with van der Waals surface area (Å²) in [6.45, 7) is 10.3. The number of rotatable bonds is 7. The molecule has 0 radical (unpaired) electrons. The first kappa shape index (κ1) is 19.6. The molecule has 3 rings (SSSR count). The highest BCUT2D eigenvalue weighted by Gasteiger charge is 2.19. The van der Waals surface area contributed by atoms with Gasteiger partial charge in [-0.1, -0.05) is 0 Å². The number of benzene rings is 1. The lowest BCUT2D eigenvalue weighted by molar-refractivity contribution is 0.0368. The average molecular weight is 373 g/mol. The molecule has 2 heterocycles. The number of fused-ring (bicyclic) bond motifs is 1. The monoisotopic (exact) mass is 373 g/mol. The molecule has 0 amide bonds. The Morgan fingerprint density at radius 3 is 2.59 bits per heavy atom. The maximum absolute atomic E-state index is 12.2. The largest absolute Gasteiger partial charge is 0.492 e. The maximum atomic E-state index is 12.2. The van der Waals surface area contributed by atoms with Crippen LogP contribution in [0.3, 0.4) is 0 Å². The van der Waals surface area contributed by atoms with E-state index in [1.807, 2.05) is 13.8 Å². The highest BCUT2D eigenvalue weighted by Crippen LogP contribution is 2.34. The van der Waals surface area contributed by atoms with Crippen LogP contribution >= 0.6 is 0 Å². The van der Waals surface area contributed by atoms with E-state index in [1.165, 1.54) is 13.0 Å². The number of nitrogens with zero attached hydrogens (tertiary/aromatic N) is 1. The van der Waals surface area contributed by atoms with Gasteiger partial charge in [-0.3, -0.25) is 9.69 Å². The second-order valence-electron chi connectivity index (χ2n) is 7.08. The minimum atomic E-state index is -0.397. The van der Waals surface area contributed by atoms with Crippen LogP contribution in [0.1, 0.15) is 41.3 Å². The molecule has 146 valence electrons. The van der Waals surface area contributed by atoms with Crippen molar-refractivity contribution < 1.29 is 18.7 Å². The molecule has 6 nitrogen and oxygen atoms in total. The Balaban J connectivity index is 1.76. The number of aryl methyl sites for hydroxylation is 2. The van der Waals surface area contributed by atoms with Gasteiger partial charge in [0, 0.05) is 19.2 Å². The zero-order valence-corrected chi connectivity index (χ0v) is 16.3. The van der Waals surface area contributed by atoms with Gasteiger partial charge < -0.3 is 13.9 Å². The van der Waals surface area contributed by atoms with Gasteiger partial charge in [-0.05, 0) is 57.4 Å². The van der Waals surface area contributed by atoms with Crippen LogP contribution in [0.4, 0.5) is 0 Å². The smallest absolute Gasteiger partial charge is 0.336 e. The zero-order chi connectivity index (χ0) is 19.4. The van der Waals surface area contributed by atoms with E-state index in [0.29, 0.717) is 28.9 Å². The Morgan fingerprint density at radius 2 is 1.89 bits per heavy atom. The van der Waals surface area contributed by atoms with Crippen LogP contribution < -0.4 is 10.4 Å². The number of hydrogen-bond acceptors (Lipinski definition) is 6. The van der Waals surface area contributed by atoms with Crippen molar-refractivity contribution in [3.8, 4) is 5.75 Å². The summed E-state index contributed by atoms with van der Waals surface area (Å²) in [6, 6.07) is 3.18. The number of ketones is 1. The van der Waals surface area contributed by atoms with Gasteiger partial charge in [-0.2, -0.15) is 0 Å². The molecular formula is C21H27NO5. The van der Waals surface area contributed by atoms with E-state index in [2.05, 4.69) is 4.90 Å². The van der Waals surface area contributed by atoms with Crippen molar-refractivity contribution in [1.82, 2.24) is 4.90 Å². The van der Waals surface area contributed by atoms with Crippen LogP contribution in [-0.2, 0) is 4.74 Å². The molecule has 0 aliphatic carbocycles. The number of ether oxygens (including phenoxy) is 2. The van der Waals surface area contributed by atoms with Crippen LogP contribution in [0, 0.1) is 13.8 Å². The highest BCUT2D eigenvalue weighted by molar-refractivity contribution is 6.04. The van der Waals surface area contributed by atoms with Gasteiger partial charge in [0.1, 0.15) is 11.3 Å². The van der Waals surface area contributed by atoms with Gasteiger partial charge in [-0.25, -0.2) is 4.79 Å². The third-order valence-electron chi connectivity index (χ3n) is 4.95. The van der Waals surface area contributed by atoms with E-state index in [-0.39, 0.29) is 5.78 Å². The molecule has 0 atom stereocenters. The molecule has 1 aromatic carbocycles. The van der Waals surface area contributed by atoms with E-state index in [1.54, 1.807) is 6.07 Å². The van der Waals surface area contributed by atoms with Crippen molar-refractivity contribution in [3.63, 3.8) is 0 Å². The fourth-order valence-corrected chi connectivity index (χ4v) is 3.62. The van der Waals surface area contributed by atoms with Crippen molar-refractivity contribution in [1.29, 1.82) is 0 Å². The SMILES string of the molecule is CC(=O)c1c(C)cc2oc(=O)cc(C)c2c1OCCCCN1CCOCC1. The Hall–Kier alpha value is -2.18. The first-order valence-electron chi connectivity index (χ1n) is 9.49. The third kappa shape index (κ3) is 4.57. The van der Waals surface area contributed by atoms with Gasteiger partial charge in [0.2, 0.25) is 0 Å². The Kier molecular flexibility index (Phi) is 6.29. The number of carbonyl (C=O) groups excluding carboxylic acids is 1. The predicted octanol–water partition coefficient (Wildman–Crippen LogP) is 3.10. The summed E-state index contributed by atoms with van der Waals surface area (Å²) in [5.41, 5.74) is 2.14. The standard InChI is InChI=1S/C21H27NO5/c1-14-12-17-20(15(2)13-18(24)27-17)21(19(14)16(3)23)26-9-5-4-6-22-7-10-25-11-8-22/h12-13H,4-11H2,1-3H3. The molecule has 1 aromatic heterocycles. The lowest BCUT2D eigenvalue weighted by atomic mass is 9.98. The topological polar surface area (TPSA) is 69.0 Å². The summed E-state index contributed by atoms with van der Waals surface area (Å²) >= 11 is 0. The van der Waals surface area contributed by atoms with Gasteiger partial charge in [0.05, 0.1) is 30.8 Å². The molecule has 0 spiro atoms. The number of hydrogen-bond donors (Lipinski definition) is 0. The van der Waals surface area contributed by atoms with Crippen LogP contribution in [0.5, 0.6) is 5.75 Å². The molecule has 27 heavy (non-hydrogen) atoms. The fraction of sp³-hybridized carbons (Fsp3) is 0.524. The van der Waals surface area contributed by atoms with Crippen LogP contribution in [0.25, 0.3) is 11.0 Å². The van der Waals surface area contributed by atoms with Crippen molar-refractivity contribution in [3.05, 3.63) is 39.2 Å². The van der Waals surface area contributed by atoms with Crippen LogP contribution in [-0.4, -0.2) is 50.1 Å². The first-order valence-corrected chi connectivity index (χ1v) is 9.49. The van der Waals surface area contributed by atoms with E-state index >= 15 is 0 Å². The quantitative estimate of drug-likeness (QED) is 0.422. The highest BCUT2D eigenvalue weighted by atomic mass is 16.5. The lowest BCUT2D eigenvalue weighted by Gasteiger charge is -2.26. The van der Waals surface area contributed by atoms with Crippen molar-refractivity contribution in [2.75, 3.05) is 39.5 Å². The summed E-state index contributed by atoms with van der Waals surface area (Å²) in [4.78, 5) is 26.3. The van der Waals surface area contributed by atoms with Crippen LogP contribution in [0.2, 0.25) is 0 Å². The van der Waals surface area contributed by atoms with Crippen molar-refractivity contribution >= 4 is 16.8 Å². The first-order chi connectivity index (χ1) is 13.0. The normalized spacial score (nSPS) is 15.2. The minimum Gasteiger partial charge on any atom is -0.492 e. The molecular weight excluding hydrogens is 346 g/mol. The molecule has 1 fully saturated rings. The lowest BCUT2D eigenvalue weighted by Crippen LogP contribution is -2.36. The van der Waals surface area contributed by atoms with Gasteiger partial charge in [0.15, 0.2) is 5.78 Å². The van der Waals surface area contributed by atoms with E-state index in [9.17, 15) is 9.59 Å². The molecule has 0 saturated carbocycles. The van der Waals surface area contributed by atoms with Crippen molar-refractivity contribution in [2.45, 2.75) is 33.6 Å². The summed E-state index contributed by atoms with van der Waals surface area (Å²) in [7, 11) is 0. The number of morpholine rings is 1. The van der Waals surface area contributed by atoms with E-state index < -0.39 is 5.63 Å². The molecule has 2 aromatic rings. The number of carbonyl (C=O) groups is 1. The van der Waals surface area contributed by atoms with Gasteiger partial charge in [0.25, 0.3) is 0 Å². The average Bonchev–Trinajstić information content (AvgIpc) is 2.60. The maximum Gasteiger partial charge on any atom is 0.336 e. The van der Waals surface area contributed by atoms with Gasteiger partial charge >= 0.3 is 5.63 Å². The summed E-state index contributed by atoms with van der Waals surface area (Å²) < 4.78 is 16.8. The number of Topliss-reactive ketones (excluding diaryl/α,β-unsaturated/α-hetero) is 1. The Morgan fingerprint density at radius 1 is 1.15 bits per heavy atom. The van der Waals surface area contributed by atoms with E-state index in [4.69, 9.17) is 13.9 Å². The second kappa shape index (κ2) is 8.67. The van der Waals surface area contributed by atoms with Gasteiger partial charge in [-0.15, -0.1) is 0 Å². The molecule has 1 aliphatic heterocycles. The third-order valence-corrected chi connectivity index (χ3v) is 4.95. The molecule has 6 heteroatoms. The predicted molar refractivity (Wildman–Crippen MR) is 104 cm³/mol. The molecule has 0 bridgehead atoms. The summed E-state index contributed by atoms with van der Waals surface area (Å²) in [5, 5.41) is 0.707. The summed E-state index contributed by atoms with van der Waals surface area (Å²) in [6.07, 6.45) is 1.91. The number of unbranched alkanes of at least 4 members (excludes halogenated alkanes) is 1. The molecule has 1 saturated heterocycles. The Labute approximate surface area is 159 Å². The Bertz CT molecular complexity index is 880. The second-order valence-corrected chi connectivity index (χ2v) is 7.08. The molecule has 1 aliphatic rings. The summed E-state index contributed by atoms with van der Waals surface area (Å²) in [5.74, 6) is 0.480. The zero-order valence-electron chi connectivity index (χ0n) is 16.3. The minimum absolute atomic E-state index is 0.0525.